The summed E-state index contributed by atoms with van der Waals surface area (Å²) in [6.45, 7) is 0. The molecule has 0 saturated carbocycles. The highest BCUT2D eigenvalue weighted by molar-refractivity contribution is 5.54. The number of hydrogen-bond donors (Lipinski definition) is 0. The predicted molar refractivity (Wildman–Crippen MR) is 41.8 cm³/mol. The first-order chi connectivity index (χ1) is 5.83. The molecule has 0 saturated heterocycles. The Hall–Kier alpha value is -1.69. The summed E-state index contributed by atoms with van der Waals surface area (Å²) in [5, 5.41) is 0. The average Bonchev–Trinajstić information content (AvgIpc) is 2.05. The molecule has 0 aliphatic heterocycles. The lowest BCUT2D eigenvalue weighted by Gasteiger charge is -1.87. The van der Waals surface area contributed by atoms with Gasteiger partial charge in [-0.2, -0.15) is 4.39 Å². The van der Waals surface area contributed by atoms with Crippen molar-refractivity contribution in [2.45, 2.75) is 6.42 Å². The van der Waals surface area contributed by atoms with Gasteiger partial charge in [-0.3, -0.25) is 0 Å². The Labute approximate surface area is 69.4 Å². The number of aromatic nitrogens is 1. The molecule has 1 aromatic rings. The highest BCUT2D eigenvalue weighted by atomic mass is 19.1. The fraction of sp³-hybridized carbons (Fsp3) is 0.111. The molecule has 0 amide bonds. The second-order valence-electron chi connectivity index (χ2n) is 2.02. The number of rotatable bonds is 1. The first kappa shape index (κ1) is 8.41. The van der Waals surface area contributed by atoms with E-state index in [2.05, 4.69) is 16.8 Å². The van der Waals surface area contributed by atoms with Gasteiger partial charge in [-0.1, -0.05) is 12.0 Å². The molecule has 0 unspecified atom stereocenters. The Kier molecular flexibility index (Phi) is 2.97. The summed E-state index contributed by atoms with van der Waals surface area (Å²) in [6, 6.07) is 4.35. The Bertz CT molecular complexity index is 338. The minimum absolute atomic E-state index is 0.151. The van der Waals surface area contributed by atoms with Crippen molar-refractivity contribution in [3.63, 3.8) is 0 Å². The molecule has 0 atom stereocenters. The van der Waals surface area contributed by atoms with Crippen LogP contribution in [0.3, 0.4) is 0 Å². The molecule has 2 nitrogen and oxygen atoms in total. The number of carbonyl (C=O) groups excluding carboxylic acids is 1. The SMILES string of the molecule is O=CCC#Cc1cccc(F)n1. The second kappa shape index (κ2) is 4.24. The van der Waals surface area contributed by atoms with Crippen LogP contribution in [0.4, 0.5) is 4.39 Å². The fourth-order valence-electron chi connectivity index (χ4n) is 0.661. The lowest BCUT2D eigenvalue weighted by Crippen LogP contribution is -1.85. The van der Waals surface area contributed by atoms with Gasteiger partial charge in [0.15, 0.2) is 0 Å². The van der Waals surface area contributed by atoms with Gasteiger partial charge >= 0.3 is 0 Å². The van der Waals surface area contributed by atoms with Crippen LogP contribution in [0.25, 0.3) is 0 Å². The number of halogens is 1. The zero-order valence-corrected chi connectivity index (χ0v) is 6.25. The molecule has 0 aliphatic rings. The summed E-state index contributed by atoms with van der Waals surface area (Å²) in [4.78, 5) is 13.4. The lowest BCUT2D eigenvalue weighted by molar-refractivity contribution is -0.107. The summed E-state index contributed by atoms with van der Waals surface area (Å²) in [5.41, 5.74) is 0.344. The van der Waals surface area contributed by atoms with Crippen LogP contribution in [0, 0.1) is 17.8 Å². The van der Waals surface area contributed by atoms with Crippen LogP contribution in [0.1, 0.15) is 12.1 Å². The normalized spacial score (nSPS) is 8.42. The zero-order chi connectivity index (χ0) is 8.81. The van der Waals surface area contributed by atoms with Crippen molar-refractivity contribution in [3.05, 3.63) is 29.8 Å². The van der Waals surface area contributed by atoms with E-state index in [9.17, 15) is 9.18 Å². The van der Waals surface area contributed by atoms with Gasteiger partial charge in [-0.15, -0.1) is 0 Å². The average molecular weight is 163 g/mol. The number of pyridine rings is 1. The molecule has 1 rings (SSSR count). The topological polar surface area (TPSA) is 30.0 Å². The number of nitrogens with zero attached hydrogens (tertiary/aromatic N) is 1. The van der Waals surface area contributed by atoms with Crippen molar-refractivity contribution in [2.24, 2.45) is 0 Å². The number of carbonyl (C=O) groups is 1. The smallest absolute Gasteiger partial charge is 0.214 e. The Morgan fingerprint density at radius 3 is 3.08 bits per heavy atom. The van der Waals surface area contributed by atoms with E-state index in [-0.39, 0.29) is 6.42 Å². The van der Waals surface area contributed by atoms with E-state index in [1.807, 2.05) is 0 Å². The molecule has 0 N–H and O–H groups in total. The van der Waals surface area contributed by atoms with Gasteiger partial charge in [-0.05, 0) is 18.1 Å². The molecule has 0 bridgehead atoms. The van der Waals surface area contributed by atoms with Gasteiger partial charge < -0.3 is 4.79 Å². The first-order valence-electron chi connectivity index (χ1n) is 3.38. The minimum Gasteiger partial charge on any atom is -0.302 e. The van der Waals surface area contributed by atoms with Crippen LogP contribution in [-0.2, 0) is 4.79 Å². The zero-order valence-electron chi connectivity index (χ0n) is 6.25. The number of hydrogen-bond acceptors (Lipinski definition) is 2. The van der Waals surface area contributed by atoms with Crippen molar-refractivity contribution in [3.8, 4) is 11.8 Å². The molecular weight excluding hydrogens is 157 g/mol. The van der Waals surface area contributed by atoms with Crippen LogP contribution in [0.2, 0.25) is 0 Å². The van der Waals surface area contributed by atoms with Crippen LogP contribution in [-0.4, -0.2) is 11.3 Å². The molecule has 1 heterocycles. The van der Waals surface area contributed by atoms with Crippen molar-refractivity contribution in [1.82, 2.24) is 4.98 Å². The minimum atomic E-state index is -0.562. The summed E-state index contributed by atoms with van der Waals surface area (Å²) in [7, 11) is 0. The number of aldehydes is 1. The van der Waals surface area contributed by atoms with E-state index in [1.54, 1.807) is 6.07 Å². The lowest BCUT2D eigenvalue weighted by atomic mass is 10.3. The molecule has 12 heavy (non-hydrogen) atoms. The molecular formula is C9H6FNO. The molecule has 0 aliphatic carbocycles. The Balaban J connectivity index is 2.77. The van der Waals surface area contributed by atoms with Crippen LogP contribution in [0.15, 0.2) is 18.2 Å². The molecule has 0 spiro atoms. The highest BCUT2D eigenvalue weighted by Gasteiger charge is 1.90. The summed E-state index contributed by atoms with van der Waals surface area (Å²) in [5.74, 6) is 4.52. The molecule has 0 radical (unpaired) electrons. The maximum atomic E-state index is 12.4. The van der Waals surface area contributed by atoms with Crippen molar-refractivity contribution in [1.29, 1.82) is 0 Å². The van der Waals surface area contributed by atoms with Crippen LogP contribution >= 0.6 is 0 Å². The van der Waals surface area contributed by atoms with Crippen LogP contribution in [0.5, 0.6) is 0 Å². The van der Waals surface area contributed by atoms with E-state index >= 15 is 0 Å². The maximum absolute atomic E-state index is 12.4. The first-order valence-corrected chi connectivity index (χ1v) is 3.38. The van der Waals surface area contributed by atoms with Crippen LogP contribution < -0.4 is 0 Å². The van der Waals surface area contributed by atoms with E-state index < -0.39 is 5.95 Å². The van der Waals surface area contributed by atoms with Gasteiger partial charge in [0.1, 0.15) is 12.0 Å². The van der Waals surface area contributed by atoms with Crippen molar-refractivity contribution >= 4 is 6.29 Å². The van der Waals surface area contributed by atoms with E-state index in [0.717, 1.165) is 0 Å². The van der Waals surface area contributed by atoms with Crippen molar-refractivity contribution < 1.29 is 9.18 Å². The highest BCUT2D eigenvalue weighted by Crippen LogP contribution is 1.94. The molecule has 1 aromatic heterocycles. The van der Waals surface area contributed by atoms with E-state index in [4.69, 9.17) is 0 Å². The molecule has 60 valence electrons. The Morgan fingerprint density at radius 1 is 1.58 bits per heavy atom. The van der Waals surface area contributed by atoms with Gasteiger partial charge in [0.2, 0.25) is 5.95 Å². The quantitative estimate of drug-likeness (QED) is 0.353. The predicted octanol–water partition coefficient (Wildman–Crippen LogP) is 1.16. The monoisotopic (exact) mass is 163 g/mol. The summed E-state index contributed by atoms with van der Waals surface area (Å²) < 4.78 is 12.4. The van der Waals surface area contributed by atoms with Crippen molar-refractivity contribution in [2.75, 3.05) is 0 Å². The second-order valence-corrected chi connectivity index (χ2v) is 2.02. The van der Waals surface area contributed by atoms with Gasteiger partial charge in [-0.25, -0.2) is 4.98 Å². The van der Waals surface area contributed by atoms with Gasteiger partial charge in [0.05, 0.1) is 6.42 Å². The Morgan fingerprint density at radius 2 is 2.42 bits per heavy atom. The maximum Gasteiger partial charge on any atom is 0.214 e. The largest absolute Gasteiger partial charge is 0.302 e. The van der Waals surface area contributed by atoms with Gasteiger partial charge in [0, 0.05) is 0 Å². The van der Waals surface area contributed by atoms with E-state index in [1.165, 1.54) is 12.1 Å². The summed E-state index contributed by atoms with van der Waals surface area (Å²) >= 11 is 0. The molecule has 0 aromatic carbocycles. The third-order valence-electron chi connectivity index (χ3n) is 1.12. The third-order valence-corrected chi connectivity index (χ3v) is 1.12. The molecule has 0 fully saturated rings. The fourth-order valence-corrected chi connectivity index (χ4v) is 0.661. The molecule has 3 heteroatoms. The third kappa shape index (κ3) is 2.51. The summed E-state index contributed by atoms with van der Waals surface area (Å²) in [6.07, 6.45) is 0.838. The van der Waals surface area contributed by atoms with Gasteiger partial charge in [0.25, 0.3) is 0 Å². The van der Waals surface area contributed by atoms with E-state index in [0.29, 0.717) is 12.0 Å². The standard InChI is InChI=1S/C9H6FNO/c10-9-6-3-5-8(11-9)4-1-2-7-12/h3,5-7H,2H2.